The number of amides is 1. The van der Waals surface area contributed by atoms with Crippen LogP contribution in [0.25, 0.3) is 0 Å². The number of carbonyl (C=O) groups is 2. The number of primary amides is 1. The van der Waals surface area contributed by atoms with E-state index in [0.29, 0.717) is 48.5 Å². The fourth-order valence-corrected chi connectivity index (χ4v) is 10.3. The van der Waals surface area contributed by atoms with Crippen molar-refractivity contribution in [2.24, 2.45) is 58.0 Å². The summed E-state index contributed by atoms with van der Waals surface area (Å²) in [6.45, 7) is 16.0. The van der Waals surface area contributed by atoms with E-state index in [9.17, 15) is 19.8 Å². The summed E-state index contributed by atoms with van der Waals surface area (Å²) < 4.78 is 5.94. The molecule has 1 amide bonds. The van der Waals surface area contributed by atoms with Crippen LogP contribution in [0.5, 0.6) is 0 Å². The Labute approximate surface area is 236 Å². The van der Waals surface area contributed by atoms with Crippen LogP contribution in [-0.2, 0) is 9.53 Å². The van der Waals surface area contributed by atoms with Gasteiger partial charge in [-0.15, -0.1) is 0 Å². The van der Waals surface area contributed by atoms with Crippen molar-refractivity contribution in [1.82, 2.24) is 4.90 Å². The van der Waals surface area contributed by atoms with Gasteiger partial charge in [-0.1, -0.05) is 41.5 Å². The highest BCUT2D eigenvalue weighted by atomic mass is 16.6. The van der Waals surface area contributed by atoms with Gasteiger partial charge in [0, 0.05) is 26.1 Å². The van der Waals surface area contributed by atoms with Gasteiger partial charge in [-0.25, -0.2) is 4.79 Å². The highest BCUT2D eigenvalue weighted by Gasteiger charge is 2.63. The summed E-state index contributed by atoms with van der Waals surface area (Å²) in [4.78, 5) is 26.5. The first-order valence-electron chi connectivity index (χ1n) is 15.8. The van der Waals surface area contributed by atoms with Crippen LogP contribution in [0.15, 0.2) is 0 Å². The minimum absolute atomic E-state index is 0.0777. The minimum atomic E-state index is -0.736. The predicted octanol–water partition coefficient (Wildman–Crippen LogP) is 5.93. The van der Waals surface area contributed by atoms with Gasteiger partial charge in [0.2, 0.25) is 0 Å². The zero-order chi connectivity index (χ0) is 28.8. The van der Waals surface area contributed by atoms with E-state index in [4.69, 9.17) is 10.5 Å². The lowest BCUT2D eigenvalue weighted by atomic mass is 9.43. The molecule has 4 unspecified atom stereocenters. The Bertz CT molecular complexity index is 884. The van der Waals surface area contributed by atoms with Gasteiger partial charge in [-0.3, -0.25) is 4.79 Å². The molecule has 0 heterocycles. The predicted molar refractivity (Wildman–Crippen MR) is 153 cm³/mol. The molecule has 0 aromatic carbocycles. The van der Waals surface area contributed by atoms with Crippen LogP contribution in [0.3, 0.4) is 0 Å². The number of aliphatic hydroxyl groups excluding tert-OH is 1. The van der Waals surface area contributed by atoms with E-state index in [2.05, 4.69) is 46.4 Å². The Morgan fingerprint density at radius 1 is 0.897 bits per heavy atom. The van der Waals surface area contributed by atoms with Crippen LogP contribution in [0.1, 0.15) is 106 Å². The highest BCUT2D eigenvalue weighted by Crippen LogP contribution is 2.68. The van der Waals surface area contributed by atoms with Crippen molar-refractivity contribution in [1.29, 1.82) is 0 Å². The van der Waals surface area contributed by atoms with E-state index < -0.39 is 23.8 Å². The number of rotatable bonds is 10. The third-order valence-electron chi connectivity index (χ3n) is 11.7. The molecule has 0 aliphatic heterocycles. The summed E-state index contributed by atoms with van der Waals surface area (Å²) in [6, 6.07) is 0. The van der Waals surface area contributed by atoms with Gasteiger partial charge in [-0.2, -0.15) is 0 Å². The van der Waals surface area contributed by atoms with Crippen LogP contribution in [0.2, 0.25) is 0 Å². The Morgan fingerprint density at radius 3 is 2.13 bits per heavy atom. The summed E-state index contributed by atoms with van der Waals surface area (Å²) in [5, 5.41) is 21.2. The van der Waals surface area contributed by atoms with Crippen molar-refractivity contribution in [2.75, 3.05) is 19.6 Å². The van der Waals surface area contributed by atoms with Crippen molar-refractivity contribution >= 4 is 12.1 Å². The molecule has 0 spiro atoms. The Kier molecular flexibility index (Phi) is 9.03. The Morgan fingerprint density at radius 2 is 1.54 bits per heavy atom. The summed E-state index contributed by atoms with van der Waals surface area (Å²) in [7, 11) is 0. The number of nitrogens with two attached hydrogens (primary N) is 1. The summed E-state index contributed by atoms with van der Waals surface area (Å²) in [5.41, 5.74) is 5.00. The lowest BCUT2D eigenvalue weighted by molar-refractivity contribution is -0.165. The van der Waals surface area contributed by atoms with E-state index in [-0.39, 0.29) is 16.7 Å². The molecule has 4 aliphatic carbocycles. The normalized spacial score (nSPS) is 40.7. The monoisotopic (exact) mass is 548 g/mol. The quantitative estimate of drug-likeness (QED) is 0.312. The maximum atomic E-state index is 12.1. The molecule has 0 aromatic heterocycles. The average Bonchev–Trinajstić information content (AvgIpc) is 3.15. The molecule has 7 nitrogen and oxygen atoms in total. The summed E-state index contributed by atoms with van der Waals surface area (Å²) >= 11 is 0. The molecule has 7 heteroatoms. The zero-order valence-corrected chi connectivity index (χ0v) is 25.5. The summed E-state index contributed by atoms with van der Waals surface area (Å²) in [6.07, 6.45) is 7.75. The van der Waals surface area contributed by atoms with Gasteiger partial charge in [0.15, 0.2) is 0 Å². The van der Waals surface area contributed by atoms with Gasteiger partial charge in [0.25, 0.3) is 0 Å². The van der Waals surface area contributed by atoms with Crippen LogP contribution in [-0.4, -0.2) is 58.5 Å². The van der Waals surface area contributed by atoms with E-state index in [1.807, 2.05) is 0 Å². The average molecular weight is 549 g/mol. The first-order chi connectivity index (χ1) is 18.2. The largest absolute Gasteiger partial charge is 0.481 e. The number of carbonyl (C=O) groups excluding carboxylic acids is 1. The lowest BCUT2D eigenvalue weighted by Crippen LogP contribution is -2.57. The molecule has 0 bridgehead atoms. The van der Waals surface area contributed by atoms with E-state index >= 15 is 0 Å². The van der Waals surface area contributed by atoms with E-state index in [1.165, 1.54) is 0 Å². The second-order valence-electron chi connectivity index (χ2n) is 15.3. The van der Waals surface area contributed by atoms with Gasteiger partial charge >= 0.3 is 12.1 Å². The number of hydrogen-bond acceptors (Lipinski definition) is 5. The van der Waals surface area contributed by atoms with E-state index in [1.54, 1.807) is 0 Å². The van der Waals surface area contributed by atoms with E-state index in [0.717, 1.165) is 70.9 Å². The molecule has 4 saturated carbocycles. The number of hydrogen-bond donors (Lipinski definition) is 3. The molecule has 0 radical (unpaired) electrons. The number of ether oxygens (including phenoxy) is 1. The first kappa shape index (κ1) is 30.6. The van der Waals surface area contributed by atoms with Crippen LogP contribution < -0.4 is 5.73 Å². The van der Waals surface area contributed by atoms with Crippen molar-refractivity contribution in [3.63, 3.8) is 0 Å². The second-order valence-corrected chi connectivity index (χ2v) is 15.3. The molecule has 0 saturated heterocycles. The molecule has 4 N–H and O–H groups in total. The molecule has 39 heavy (non-hydrogen) atoms. The highest BCUT2D eigenvalue weighted by molar-refractivity contribution is 5.71. The minimum Gasteiger partial charge on any atom is -0.481 e. The maximum Gasteiger partial charge on any atom is 0.405 e. The summed E-state index contributed by atoms with van der Waals surface area (Å²) in [5.74, 6) is 2.31. The number of nitrogens with zero attached hydrogens (tertiary/aromatic N) is 1. The topological polar surface area (TPSA) is 113 Å². The van der Waals surface area contributed by atoms with Gasteiger partial charge < -0.3 is 25.6 Å². The molecular formula is C32H56N2O5. The molecule has 4 fully saturated rings. The third-order valence-corrected chi connectivity index (χ3v) is 11.7. The van der Waals surface area contributed by atoms with Gasteiger partial charge in [-0.05, 0) is 104 Å². The molecule has 0 aromatic rings. The van der Waals surface area contributed by atoms with Crippen LogP contribution in [0.4, 0.5) is 4.79 Å². The van der Waals surface area contributed by atoms with Crippen LogP contribution >= 0.6 is 0 Å². The molecular weight excluding hydrogens is 492 g/mol. The fraction of sp³-hybridized carbons (Fsp3) is 0.938. The standard InChI is InChI=1S/C32H56N2O5/c1-20(2)17-34(18-21(3)4)19-23(35)16-32(39-29(33)38)14-13-30(5)22(15-32)7-8-24-25-9-10-27(28(36)37)31(25,6)12-11-26(24)30/h20-27,35H,7-19H2,1-6H3,(H2,33,38)(H,36,37)/t22?,23?,24-,25-,26-,27?,30-,31-,32?/m0/s1. The SMILES string of the molecule is CC(C)CN(CC(C)C)CC(O)CC1(OC(N)=O)CC[C@@]2(C)C(CC[C@@H]3[C@@H]2CC[C@]2(C)C(C(=O)O)CC[C@@H]32)C1. The molecule has 9 atom stereocenters. The number of fused-ring (bicyclic) bond motifs is 5. The first-order valence-corrected chi connectivity index (χ1v) is 15.8. The van der Waals surface area contributed by atoms with Gasteiger partial charge in [0.05, 0.1) is 12.0 Å². The number of aliphatic hydroxyl groups is 1. The zero-order valence-electron chi connectivity index (χ0n) is 25.5. The molecule has 224 valence electrons. The second kappa shape index (κ2) is 11.5. The number of carboxylic acid groups (broad SMARTS) is 1. The maximum absolute atomic E-state index is 12.1. The smallest absolute Gasteiger partial charge is 0.405 e. The van der Waals surface area contributed by atoms with Gasteiger partial charge in [0.1, 0.15) is 5.60 Å². The van der Waals surface area contributed by atoms with Crippen molar-refractivity contribution in [2.45, 2.75) is 117 Å². The third kappa shape index (κ3) is 6.14. The lowest BCUT2D eigenvalue weighted by Gasteiger charge is -2.62. The number of carboxylic acids is 1. The van der Waals surface area contributed by atoms with Crippen LogP contribution in [0, 0.1) is 52.3 Å². The molecule has 4 rings (SSSR count). The fourth-order valence-electron chi connectivity index (χ4n) is 10.3. The van der Waals surface area contributed by atoms with Crippen molar-refractivity contribution in [3.05, 3.63) is 0 Å². The Hall–Kier alpha value is -1.34. The van der Waals surface area contributed by atoms with Crippen molar-refractivity contribution in [3.8, 4) is 0 Å². The number of aliphatic carboxylic acids is 1. The van der Waals surface area contributed by atoms with Crippen molar-refractivity contribution < 1.29 is 24.5 Å². The Balaban J connectivity index is 1.48. The molecule has 4 aliphatic rings.